The van der Waals surface area contributed by atoms with Crippen molar-refractivity contribution in [1.82, 2.24) is 0 Å². The van der Waals surface area contributed by atoms with E-state index < -0.39 is 5.82 Å². The van der Waals surface area contributed by atoms with Gasteiger partial charge in [0, 0.05) is 5.56 Å². The molecule has 0 bridgehead atoms. The number of rotatable bonds is 1. The number of halogens is 4. The highest BCUT2D eigenvalue weighted by Crippen LogP contribution is 2.33. The summed E-state index contributed by atoms with van der Waals surface area (Å²) in [5.41, 5.74) is 1.33. The predicted molar refractivity (Wildman–Crippen MR) is 66.9 cm³/mol. The van der Waals surface area contributed by atoms with Crippen LogP contribution in [-0.2, 0) is 0 Å². The van der Waals surface area contributed by atoms with Crippen LogP contribution in [0.1, 0.15) is 0 Å². The van der Waals surface area contributed by atoms with Crippen molar-refractivity contribution in [3.63, 3.8) is 0 Å². The van der Waals surface area contributed by atoms with Crippen molar-refractivity contribution in [2.24, 2.45) is 0 Å². The second kappa shape index (κ2) is 4.62. The molecule has 0 fully saturated rings. The van der Waals surface area contributed by atoms with Gasteiger partial charge in [-0.05, 0) is 23.8 Å². The van der Waals surface area contributed by atoms with E-state index >= 15 is 0 Å². The summed E-state index contributed by atoms with van der Waals surface area (Å²) in [5, 5.41) is 0.957. The van der Waals surface area contributed by atoms with E-state index in [2.05, 4.69) is 0 Å². The van der Waals surface area contributed by atoms with Gasteiger partial charge in [-0.2, -0.15) is 0 Å². The van der Waals surface area contributed by atoms with Crippen LogP contribution in [0.2, 0.25) is 15.1 Å². The van der Waals surface area contributed by atoms with Crippen molar-refractivity contribution < 1.29 is 4.39 Å². The molecular weight excluding hydrogens is 269 g/mol. The van der Waals surface area contributed by atoms with Crippen LogP contribution in [-0.4, -0.2) is 0 Å². The molecule has 0 saturated carbocycles. The van der Waals surface area contributed by atoms with Gasteiger partial charge in [0.05, 0.1) is 15.1 Å². The third-order valence-electron chi connectivity index (χ3n) is 2.18. The minimum Gasteiger partial charge on any atom is -0.205 e. The molecule has 0 radical (unpaired) electrons. The lowest BCUT2D eigenvalue weighted by atomic mass is 10.1. The van der Waals surface area contributed by atoms with Gasteiger partial charge >= 0.3 is 0 Å². The van der Waals surface area contributed by atoms with Crippen LogP contribution in [0.25, 0.3) is 11.1 Å². The molecule has 0 spiro atoms. The molecule has 0 aliphatic rings. The topological polar surface area (TPSA) is 0 Å². The van der Waals surface area contributed by atoms with E-state index in [0.29, 0.717) is 15.6 Å². The van der Waals surface area contributed by atoms with Crippen LogP contribution >= 0.6 is 34.8 Å². The zero-order valence-corrected chi connectivity index (χ0v) is 10.2. The van der Waals surface area contributed by atoms with Crippen LogP contribution in [0, 0.1) is 5.82 Å². The fraction of sp³-hybridized carbons (Fsp3) is 0. The van der Waals surface area contributed by atoms with Crippen LogP contribution < -0.4 is 0 Å². The second-order valence-corrected chi connectivity index (χ2v) is 4.42. The normalized spacial score (nSPS) is 10.5. The van der Waals surface area contributed by atoms with Crippen molar-refractivity contribution in [3.05, 3.63) is 57.3 Å². The van der Waals surface area contributed by atoms with Crippen LogP contribution in [0.4, 0.5) is 4.39 Å². The molecule has 0 saturated heterocycles. The predicted octanol–water partition coefficient (Wildman–Crippen LogP) is 5.45. The van der Waals surface area contributed by atoms with Crippen LogP contribution in [0.15, 0.2) is 36.4 Å². The first kappa shape index (κ1) is 11.7. The Morgan fingerprint density at radius 3 is 2.31 bits per heavy atom. The summed E-state index contributed by atoms with van der Waals surface area (Å²) in [6.45, 7) is 0. The fourth-order valence-corrected chi connectivity index (χ4v) is 1.92. The Bertz CT molecular complexity index is 538. The molecule has 0 unspecified atom stereocenters. The van der Waals surface area contributed by atoms with E-state index in [4.69, 9.17) is 34.8 Å². The molecule has 0 aliphatic carbocycles. The van der Waals surface area contributed by atoms with Gasteiger partial charge < -0.3 is 0 Å². The van der Waals surface area contributed by atoms with Gasteiger partial charge in [-0.3, -0.25) is 0 Å². The van der Waals surface area contributed by atoms with Crippen LogP contribution in [0.5, 0.6) is 0 Å². The van der Waals surface area contributed by atoms with Gasteiger partial charge in [0.25, 0.3) is 0 Å². The Kier molecular flexibility index (Phi) is 3.38. The third-order valence-corrected chi connectivity index (χ3v) is 3.31. The molecule has 2 rings (SSSR count). The average molecular weight is 276 g/mol. The van der Waals surface area contributed by atoms with Crippen molar-refractivity contribution in [2.45, 2.75) is 0 Å². The smallest absolute Gasteiger partial charge is 0.142 e. The fourth-order valence-electron chi connectivity index (χ4n) is 1.39. The molecule has 4 heteroatoms. The summed E-state index contributed by atoms with van der Waals surface area (Å²) in [7, 11) is 0. The molecule has 0 N–H and O–H groups in total. The van der Waals surface area contributed by atoms with Gasteiger partial charge in [-0.1, -0.05) is 53.0 Å². The maximum absolute atomic E-state index is 13.3. The third kappa shape index (κ3) is 2.17. The lowest BCUT2D eigenvalue weighted by Gasteiger charge is -2.06. The van der Waals surface area contributed by atoms with Crippen molar-refractivity contribution in [1.29, 1.82) is 0 Å². The van der Waals surface area contributed by atoms with Gasteiger partial charge in [-0.25, -0.2) is 4.39 Å². The van der Waals surface area contributed by atoms with Crippen LogP contribution in [0.3, 0.4) is 0 Å². The highest BCUT2D eigenvalue weighted by Gasteiger charge is 2.09. The molecule has 0 amide bonds. The Balaban J connectivity index is 2.59. The molecule has 2 aromatic carbocycles. The summed E-state index contributed by atoms with van der Waals surface area (Å²) >= 11 is 17.6. The van der Waals surface area contributed by atoms with E-state index in [1.807, 2.05) is 0 Å². The zero-order chi connectivity index (χ0) is 11.7. The van der Waals surface area contributed by atoms with Crippen molar-refractivity contribution >= 4 is 34.8 Å². The zero-order valence-electron chi connectivity index (χ0n) is 7.98. The Labute approximate surface area is 108 Å². The first-order chi connectivity index (χ1) is 7.59. The highest BCUT2D eigenvalue weighted by atomic mass is 35.5. The first-order valence-electron chi connectivity index (χ1n) is 4.49. The summed E-state index contributed by atoms with van der Waals surface area (Å²) in [4.78, 5) is 0. The average Bonchev–Trinajstić information content (AvgIpc) is 2.26. The Hall–Kier alpha value is -0.760. The largest absolute Gasteiger partial charge is 0.205 e. The minimum atomic E-state index is -0.453. The summed E-state index contributed by atoms with van der Waals surface area (Å²) in [5.74, 6) is -0.453. The molecule has 16 heavy (non-hydrogen) atoms. The molecular formula is C12H6Cl3F. The van der Waals surface area contributed by atoms with Gasteiger partial charge in [-0.15, -0.1) is 0 Å². The lowest BCUT2D eigenvalue weighted by Crippen LogP contribution is -1.83. The maximum Gasteiger partial charge on any atom is 0.142 e. The number of benzene rings is 2. The maximum atomic E-state index is 13.3. The molecule has 0 atom stereocenters. The Morgan fingerprint density at radius 1 is 0.875 bits per heavy atom. The molecule has 0 aliphatic heterocycles. The molecule has 0 heterocycles. The second-order valence-electron chi connectivity index (χ2n) is 3.23. The summed E-state index contributed by atoms with van der Waals surface area (Å²) in [6.07, 6.45) is 0. The van der Waals surface area contributed by atoms with E-state index in [1.54, 1.807) is 30.3 Å². The van der Waals surface area contributed by atoms with Gasteiger partial charge in [0.15, 0.2) is 0 Å². The molecule has 0 aromatic heterocycles. The SMILES string of the molecule is Fc1cccc(-c2ccc(Cl)c(Cl)c2)c1Cl. The van der Waals surface area contributed by atoms with Gasteiger partial charge in [0.1, 0.15) is 5.82 Å². The van der Waals surface area contributed by atoms with Gasteiger partial charge in [0.2, 0.25) is 0 Å². The monoisotopic (exact) mass is 274 g/mol. The van der Waals surface area contributed by atoms with E-state index in [0.717, 1.165) is 5.56 Å². The van der Waals surface area contributed by atoms with E-state index in [-0.39, 0.29) is 5.02 Å². The van der Waals surface area contributed by atoms with Crippen molar-refractivity contribution in [3.8, 4) is 11.1 Å². The summed E-state index contributed by atoms with van der Waals surface area (Å²) < 4.78 is 13.3. The first-order valence-corrected chi connectivity index (χ1v) is 5.62. The molecule has 2 aromatic rings. The van der Waals surface area contributed by atoms with E-state index in [1.165, 1.54) is 6.07 Å². The van der Waals surface area contributed by atoms with Crippen molar-refractivity contribution in [2.75, 3.05) is 0 Å². The standard InChI is InChI=1S/C12H6Cl3F/c13-9-5-4-7(6-10(9)14)8-2-1-3-11(16)12(8)15/h1-6H. The number of hydrogen-bond donors (Lipinski definition) is 0. The minimum absolute atomic E-state index is 0.0842. The Morgan fingerprint density at radius 2 is 1.62 bits per heavy atom. The number of hydrogen-bond acceptors (Lipinski definition) is 0. The lowest BCUT2D eigenvalue weighted by molar-refractivity contribution is 0.629. The molecule has 82 valence electrons. The van der Waals surface area contributed by atoms with E-state index in [9.17, 15) is 4.39 Å². The molecule has 0 nitrogen and oxygen atoms in total. The quantitative estimate of drug-likeness (QED) is 0.649. The highest BCUT2D eigenvalue weighted by molar-refractivity contribution is 6.42. The summed E-state index contributed by atoms with van der Waals surface area (Å²) in [6, 6.07) is 9.69.